The number of hydrazine groups is 1. The van der Waals surface area contributed by atoms with Gasteiger partial charge in [-0.3, -0.25) is 4.79 Å². The highest BCUT2D eigenvalue weighted by Crippen LogP contribution is 2.41. The van der Waals surface area contributed by atoms with Crippen LogP contribution in [-0.2, 0) is 11.2 Å². The molecule has 3 aliphatic rings. The topological polar surface area (TPSA) is 44.4 Å². The maximum absolute atomic E-state index is 13.7. The minimum atomic E-state index is -0.274. The zero-order valence-corrected chi connectivity index (χ0v) is 21.6. The first-order valence-electron chi connectivity index (χ1n) is 13.5. The molecule has 1 fully saturated rings. The molecule has 3 atom stereocenters. The van der Waals surface area contributed by atoms with Gasteiger partial charge in [0.15, 0.2) is 0 Å². The largest absolute Gasteiger partial charge is 0.348 e. The van der Waals surface area contributed by atoms with Crippen LogP contribution < -0.4 is 10.7 Å². The Morgan fingerprint density at radius 2 is 1.71 bits per heavy atom. The first kappa shape index (κ1) is 24.4. The van der Waals surface area contributed by atoms with Gasteiger partial charge in [-0.25, -0.2) is 5.43 Å². The molecule has 0 saturated heterocycles. The van der Waals surface area contributed by atoms with Crippen LogP contribution in [0.1, 0.15) is 81.9 Å². The van der Waals surface area contributed by atoms with Crippen molar-refractivity contribution in [3.05, 3.63) is 82.0 Å². The second kappa shape index (κ2) is 11.2. The first-order chi connectivity index (χ1) is 17.1. The molecule has 0 spiro atoms. The lowest BCUT2D eigenvalue weighted by atomic mass is 9.88. The Kier molecular flexibility index (Phi) is 7.79. The van der Waals surface area contributed by atoms with Crippen LogP contribution in [0.4, 0.5) is 0 Å². The highest BCUT2D eigenvalue weighted by Gasteiger charge is 2.42. The Labute approximate surface area is 215 Å². The fraction of sp³-hybridized carbons (Fsp3) is 0.500. The minimum absolute atomic E-state index is 0.0195. The molecular weight excluding hydrogens is 454 g/mol. The SMILES string of the molecule is C[C@@H](NC(=O)C1NN(C2CCCCC2)C2=C1CCCCC2Cc1ccc(Cl)cc1)c1ccccc1. The summed E-state index contributed by atoms with van der Waals surface area (Å²) in [6.45, 7) is 2.08. The van der Waals surface area contributed by atoms with Crippen LogP contribution in [0, 0.1) is 5.92 Å². The molecule has 5 heteroatoms. The molecule has 4 nitrogen and oxygen atoms in total. The van der Waals surface area contributed by atoms with Crippen molar-refractivity contribution in [2.45, 2.75) is 89.3 Å². The lowest BCUT2D eigenvalue weighted by Crippen LogP contribution is -2.51. The third-order valence-electron chi connectivity index (χ3n) is 8.10. The molecule has 1 amide bonds. The average molecular weight is 492 g/mol. The summed E-state index contributed by atoms with van der Waals surface area (Å²) in [7, 11) is 0. The molecule has 2 N–H and O–H groups in total. The third-order valence-corrected chi connectivity index (χ3v) is 8.35. The Bertz CT molecular complexity index is 1030. The summed E-state index contributed by atoms with van der Waals surface area (Å²) < 4.78 is 0. The van der Waals surface area contributed by atoms with Crippen molar-refractivity contribution >= 4 is 17.5 Å². The number of nitrogens with zero attached hydrogens (tertiary/aromatic N) is 1. The van der Waals surface area contributed by atoms with Crippen molar-refractivity contribution in [1.29, 1.82) is 0 Å². The molecule has 1 aliphatic heterocycles. The van der Waals surface area contributed by atoms with Crippen molar-refractivity contribution in [2.24, 2.45) is 5.92 Å². The summed E-state index contributed by atoms with van der Waals surface area (Å²) in [4.78, 5) is 13.7. The molecule has 0 aromatic heterocycles. The van der Waals surface area contributed by atoms with Gasteiger partial charge in [-0.2, -0.15) is 0 Å². The third kappa shape index (κ3) is 5.59. The molecule has 2 aromatic rings. The van der Waals surface area contributed by atoms with E-state index < -0.39 is 0 Å². The van der Waals surface area contributed by atoms with Gasteiger partial charge in [0.2, 0.25) is 5.91 Å². The standard InChI is InChI=1S/C30H38ClN3O/c1-21(23-10-4-2-5-11-23)32-30(35)28-27-15-9-8-12-24(20-22-16-18-25(31)19-17-22)29(27)34(33-28)26-13-6-3-7-14-26/h2,4-5,10-11,16-19,21,24,26,28,33H,3,6-9,12-15,20H2,1H3,(H,32,35)/t21-,24?,28?/m1/s1. The number of amides is 1. The van der Waals surface area contributed by atoms with Crippen LogP contribution in [-0.4, -0.2) is 23.0 Å². The molecule has 2 aliphatic carbocycles. The summed E-state index contributed by atoms with van der Waals surface area (Å²) in [6.07, 6.45) is 11.8. The number of rotatable bonds is 6. The zero-order valence-electron chi connectivity index (χ0n) is 20.8. The van der Waals surface area contributed by atoms with Gasteiger partial charge in [0.05, 0.1) is 6.04 Å². The number of nitrogens with one attached hydrogen (secondary N) is 2. The van der Waals surface area contributed by atoms with Crippen LogP contribution in [0.2, 0.25) is 5.02 Å². The van der Waals surface area contributed by atoms with E-state index in [0.29, 0.717) is 12.0 Å². The Morgan fingerprint density at radius 1 is 1.00 bits per heavy atom. The van der Waals surface area contributed by atoms with Gasteiger partial charge in [-0.15, -0.1) is 0 Å². The van der Waals surface area contributed by atoms with Gasteiger partial charge in [-0.1, -0.05) is 79.7 Å². The quantitative estimate of drug-likeness (QED) is 0.471. The fourth-order valence-electron chi connectivity index (χ4n) is 6.25. The number of allylic oxidation sites excluding steroid dienone is 1. The highest BCUT2D eigenvalue weighted by atomic mass is 35.5. The number of hydrogen-bond acceptors (Lipinski definition) is 3. The minimum Gasteiger partial charge on any atom is -0.348 e. The zero-order chi connectivity index (χ0) is 24.2. The van der Waals surface area contributed by atoms with Gasteiger partial charge >= 0.3 is 0 Å². The number of carbonyl (C=O) groups excluding carboxylic acids is 1. The molecule has 186 valence electrons. The summed E-state index contributed by atoms with van der Waals surface area (Å²) >= 11 is 6.16. The van der Waals surface area contributed by atoms with Crippen LogP contribution in [0.25, 0.3) is 0 Å². The number of benzene rings is 2. The molecule has 1 heterocycles. The van der Waals surface area contributed by atoms with E-state index in [1.807, 2.05) is 30.3 Å². The maximum atomic E-state index is 13.7. The maximum Gasteiger partial charge on any atom is 0.243 e. The van der Waals surface area contributed by atoms with Crippen LogP contribution >= 0.6 is 11.6 Å². The van der Waals surface area contributed by atoms with Gasteiger partial charge in [0.25, 0.3) is 0 Å². The predicted octanol–water partition coefficient (Wildman–Crippen LogP) is 6.73. The molecule has 1 saturated carbocycles. The molecule has 2 aromatic carbocycles. The van der Waals surface area contributed by atoms with E-state index in [0.717, 1.165) is 29.8 Å². The van der Waals surface area contributed by atoms with E-state index in [2.05, 4.69) is 46.9 Å². The number of carbonyl (C=O) groups is 1. The highest BCUT2D eigenvalue weighted by molar-refractivity contribution is 6.30. The van der Waals surface area contributed by atoms with Gasteiger partial charge in [-0.05, 0) is 74.3 Å². The Balaban J connectivity index is 1.43. The molecular formula is C30H38ClN3O. The summed E-state index contributed by atoms with van der Waals surface area (Å²) in [5.74, 6) is 0.520. The monoisotopic (exact) mass is 491 g/mol. The lowest BCUT2D eigenvalue weighted by Gasteiger charge is -2.37. The molecule has 0 bridgehead atoms. The number of hydrogen-bond donors (Lipinski definition) is 2. The van der Waals surface area contributed by atoms with E-state index in [1.54, 1.807) is 0 Å². The molecule has 5 rings (SSSR count). The second-order valence-corrected chi connectivity index (χ2v) is 11.0. The molecule has 0 radical (unpaired) electrons. The number of halogens is 1. The van der Waals surface area contributed by atoms with Crippen molar-refractivity contribution in [2.75, 3.05) is 0 Å². The Morgan fingerprint density at radius 3 is 2.46 bits per heavy atom. The summed E-state index contributed by atoms with van der Waals surface area (Å²) in [5.41, 5.74) is 8.93. The van der Waals surface area contributed by atoms with E-state index in [4.69, 9.17) is 11.6 Å². The van der Waals surface area contributed by atoms with Gasteiger partial charge in [0.1, 0.15) is 6.04 Å². The van der Waals surface area contributed by atoms with Gasteiger partial charge in [0, 0.05) is 22.7 Å². The van der Waals surface area contributed by atoms with Crippen LogP contribution in [0.5, 0.6) is 0 Å². The lowest BCUT2D eigenvalue weighted by molar-refractivity contribution is -0.123. The fourth-order valence-corrected chi connectivity index (χ4v) is 6.37. The van der Waals surface area contributed by atoms with Gasteiger partial charge < -0.3 is 10.3 Å². The van der Waals surface area contributed by atoms with E-state index in [1.165, 1.54) is 61.8 Å². The average Bonchev–Trinajstić information content (AvgIpc) is 3.16. The normalized spacial score (nSPS) is 24.1. The Hall–Kier alpha value is -2.30. The van der Waals surface area contributed by atoms with Crippen molar-refractivity contribution in [3.8, 4) is 0 Å². The predicted molar refractivity (Wildman–Crippen MR) is 143 cm³/mol. The van der Waals surface area contributed by atoms with Crippen molar-refractivity contribution in [1.82, 2.24) is 15.8 Å². The van der Waals surface area contributed by atoms with Crippen molar-refractivity contribution in [3.63, 3.8) is 0 Å². The van der Waals surface area contributed by atoms with Crippen LogP contribution in [0.15, 0.2) is 65.9 Å². The molecule has 35 heavy (non-hydrogen) atoms. The first-order valence-corrected chi connectivity index (χ1v) is 13.9. The van der Waals surface area contributed by atoms with Crippen LogP contribution in [0.3, 0.4) is 0 Å². The summed E-state index contributed by atoms with van der Waals surface area (Å²) in [5, 5.41) is 6.55. The van der Waals surface area contributed by atoms with E-state index in [9.17, 15) is 4.79 Å². The summed E-state index contributed by atoms with van der Waals surface area (Å²) in [6, 6.07) is 18.7. The van der Waals surface area contributed by atoms with Crippen molar-refractivity contribution < 1.29 is 4.79 Å². The smallest absolute Gasteiger partial charge is 0.243 e. The van der Waals surface area contributed by atoms with E-state index in [-0.39, 0.29) is 18.0 Å². The second-order valence-electron chi connectivity index (χ2n) is 10.5. The molecule has 2 unspecified atom stereocenters. The van der Waals surface area contributed by atoms with E-state index >= 15 is 0 Å².